The molecule has 0 saturated heterocycles. The van der Waals surface area contributed by atoms with Crippen molar-refractivity contribution in [2.75, 3.05) is 5.32 Å². The Kier molecular flexibility index (Phi) is 5.66. The molecule has 8 nitrogen and oxygen atoms in total. The summed E-state index contributed by atoms with van der Waals surface area (Å²) in [5, 5.41) is 2.50. The second-order valence-corrected chi connectivity index (χ2v) is 7.20. The van der Waals surface area contributed by atoms with Gasteiger partial charge in [0.2, 0.25) is 0 Å². The van der Waals surface area contributed by atoms with E-state index in [1.807, 2.05) is 0 Å². The molecular formula is C16H15ClFN5O3S. The number of nitrogens with one attached hydrogen (secondary N) is 1. The van der Waals surface area contributed by atoms with Gasteiger partial charge in [0.15, 0.2) is 10.3 Å². The highest BCUT2D eigenvalue weighted by molar-refractivity contribution is 7.21. The maximum Gasteiger partial charge on any atom is 0.412 e. The van der Waals surface area contributed by atoms with Gasteiger partial charge >= 0.3 is 6.09 Å². The molecular weight excluding hydrogens is 397 g/mol. The fraction of sp³-hybridized carbons (Fsp3) is 0.312. The predicted octanol–water partition coefficient (Wildman–Crippen LogP) is 3.99. The number of nitrogens with zero attached hydrogens (tertiary/aromatic N) is 4. The molecule has 0 spiro atoms. The molecule has 27 heavy (non-hydrogen) atoms. The Morgan fingerprint density at radius 1 is 1.26 bits per heavy atom. The van der Waals surface area contributed by atoms with E-state index in [2.05, 4.69) is 25.3 Å². The number of aromatic nitrogens is 4. The van der Waals surface area contributed by atoms with Crippen molar-refractivity contribution in [3.8, 4) is 5.88 Å². The van der Waals surface area contributed by atoms with Crippen LogP contribution < -0.4 is 10.1 Å². The summed E-state index contributed by atoms with van der Waals surface area (Å²) < 4.78 is 25.1. The number of amides is 1. The highest BCUT2D eigenvalue weighted by atomic mass is 35.5. The lowest BCUT2D eigenvalue weighted by Gasteiger charge is -2.21. The number of rotatable bonds is 5. The standard InChI is InChI=1S/C16H15ClFN5O3S/c1-7(8(2)26-16(24)21-10-5-19-9(3)20-6-10)25-13-11(18)4-12-14(23-13)27-15(17)22-12/h4-8H,1-3H3,(H,21,24)/t7-,8+/m0/s1. The SMILES string of the molecule is Cc1ncc(NC(=O)O[C@H](C)[C@H](C)Oc2nc3sc(Cl)nc3cc2F)cn1. The molecule has 0 aliphatic rings. The Morgan fingerprint density at radius 2 is 1.96 bits per heavy atom. The lowest BCUT2D eigenvalue weighted by molar-refractivity contribution is 0.0379. The van der Waals surface area contributed by atoms with Gasteiger partial charge in [-0.15, -0.1) is 0 Å². The van der Waals surface area contributed by atoms with Crippen LogP contribution in [0.5, 0.6) is 5.88 Å². The maximum atomic E-state index is 14.1. The summed E-state index contributed by atoms with van der Waals surface area (Å²) in [6.07, 6.45) is 0.876. The third kappa shape index (κ3) is 4.77. The minimum Gasteiger partial charge on any atom is -0.469 e. The van der Waals surface area contributed by atoms with Gasteiger partial charge in [0, 0.05) is 6.07 Å². The van der Waals surface area contributed by atoms with E-state index in [-0.39, 0.29) is 10.3 Å². The van der Waals surface area contributed by atoms with Gasteiger partial charge in [0.05, 0.1) is 18.1 Å². The van der Waals surface area contributed by atoms with Gasteiger partial charge in [0.1, 0.15) is 28.4 Å². The van der Waals surface area contributed by atoms with Crippen LogP contribution in [0.2, 0.25) is 4.47 Å². The van der Waals surface area contributed by atoms with E-state index in [0.717, 1.165) is 11.3 Å². The maximum absolute atomic E-state index is 14.1. The largest absolute Gasteiger partial charge is 0.469 e. The summed E-state index contributed by atoms with van der Waals surface area (Å²) in [6.45, 7) is 4.99. The smallest absolute Gasteiger partial charge is 0.412 e. The molecule has 0 unspecified atom stereocenters. The number of hydrogen-bond acceptors (Lipinski definition) is 8. The fourth-order valence-electron chi connectivity index (χ4n) is 2.02. The first kappa shape index (κ1) is 19.2. The normalized spacial score (nSPS) is 13.2. The number of anilines is 1. The van der Waals surface area contributed by atoms with E-state index in [4.69, 9.17) is 21.1 Å². The molecule has 0 aliphatic carbocycles. The number of halogens is 2. The van der Waals surface area contributed by atoms with Crippen LogP contribution in [0.1, 0.15) is 19.7 Å². The summed E-state index contributed by atoms with van der Waals surface area (Å²) in [5.41, 5.74) is 0.748. The molecule has 3 rings (SSSR count). The highest BCUT2D eigenvalue weighted by Gasteiger charge is 2.22. The minimum atomic E-state index is -0.705. The van der Waals surface area contributed by atoms with Crippen LogP contribution in [0.3, 0.4) is 0 Å². The molecule has 3 heterocycles. The lowest BCUT2D eigenvalue weighted by atomic mass is 10.2. The van der Waals surface area contributed by atoms with Crippen molar-refractivity contribution < 1.29 is 18.7 Å². The summed E-state index contributed by atoms with van der Waals surface area (Å²) in [4.78, 5) is 28.4. The van der Waals surface area contributed by atoms with Gasteiger partial charge in [-0.1, -0.05) is 22.9 Å². The zero-order valence-electron chi connectivity index (χ0n) is 14.6. The summed E-state index contributed by atoms with van der Waals surface area (Å²) in [5.74, 6) is -0.305. The zero-order valence-corrected chi connectivity index (χ0v) is 16.1. The van der Waals surface area contributed by atoms with Gasteiger partial charge in [-0.05, 0) is 20.8 Å². The van der Waals surface area contributed by atoms with E-state index < -0.39 is 24.1 Å². The Bertz CT molecular complexity index is 969. The molecule has 0 saturated carbocycles. The van der Waals surface area contributed by atoms with E-state index in [0.29, 0.717) is 21.9 Å². The fourth-order valence-corrected chi connectivity index (χ4v) is 2.97. The van der Waals surface area contributed by atoms with E-state index in [1.54, 1.807) is 20.8 Å². The second-order valence-electron chi connectivity index (χ2n) is 5.64. The van der Waals surface area contributed by atoms with Gasteiger partial charge in [-0.25, -0.2) is 24.1 Å². The molecule has 1 N–H and O–H groups in total. The summed E-state index contributed by atoms with van der Waals surface area (Å²) in [6, 6.07) is 1.20. The minimum absolute atomic E-state index is 0.210. The average Bonchev–Trinajstić information content (AvgIpc) is 2.96. The van der Waals surface area contributed by atoms with Crippen molar-refractivity contribution in [1.82, 2.24) is 19.9 Å². The van der Waals surface area contributed by atoms with E-state index in [9.17, 15) is 9.18 Å². The first-order valence-electron chi connectivity index (χ1n) is 7.87. The van der Waals surface area contributed by atoms with Crippen molar-refractivity contribution in [1.29, 1.82) is 0 Å². The quantitative estimate of drug-likeness (QED) is 0.677. The number of carbonyl (C=O) groups excluding carboxylic acids is 1. The predicted molar refractivity (Wildman–Crippen MR) is 98.8 cm³/mol. The number of pyridine rings is 1. The molecule has 0 aromatic carbocycles. The molecule has 0 aliphatic heterocycles. The monoisotopic (exact) mass is 411 g/mol. The second kappa shape index (κ2) is 7.97. The number of aryl methyl sites for hydroxylation is 1. The number of ether oxygens (including phenoxy) is 2. The molecule has 142 valence electrons. The molecule has 0 bridgehead atoms. The first-order chi connectivity index (χ1) is 12.8. The summed E-state index contributed by atoms with van der Waals surface area (Å²) in [7, 11) is 0. The molecule has 3 aromatic rings. The van der Waals surface area contributed by atoms with Gasteiger partial charge in [-0.3, -0.25) is 5.32 Å². The molecule has 0 fully saturated rings. The summed E-state index contributed by atoms with van der Waals surface area (Å²) >= 11 is 6.92. The van der Waals surface area contributed by atoms with Gasteiger partial charge in [0.25, 0.3) is 5.88 Å². The number of thiazole rings is 1. The third-order valence-electron chi connectivity index (χ3n) is 3.56. The Morgan fingerprint density at radius 3 is 2.67 bits per heavy atom. The first-order valence-corrected chi connectivity index (χ1v) is 9.07. The van der Waals surface area contributed by atoms with Crippen LogP contribution in [-0.2, 0) is 4.74 Å². The topological polar surface area (TPSA) is 99.1 Å². The van der Waals surface area contributed by atoms with E-state index in [1.165, 1.54) is 18.5 Å². The zero-order chi connectivity index (χ0) is 19.6. The van der Waals surface area contributed by atoms with Crippen molar-refractivity contribution >= 4 is 45.1 Å². The van der Waals surface area contributed by atoms with Crippen LogP contribution in [0, 0.1) is 12.7 Å². The molecule has 1 amide bonds. The van der Waals surface area contributed by atoms with Crippen LogP contribution in [0.25, 0.3) is 10.3 Å². The Hall–Kier alpha value is -2.59. The van der Waals surface area contributed by atoms with Crippen LogP contribution in [0.4, 0.5) is 14.9 Å². The van der Waals surface area contributed by atoms with E-state index >= 15 is 0 Å². The molecule has 3 aromatic heterocycles. The Labute approximate surface area is 162 Å². The highest BCUT2D eigenvalue weighted by Crippen LogP contribution is 2.28. The number of fused-ring (bicyclic) bond motifs is 1. The lowest BCUT2D eigenvalue weighted by Crippen LogP contribution is -2.33. The van der Waals surface area contributed by atoms with Crippen LogP contribution in [-0.4, -0.2) is 38.2 Å². The molecule has 0 radical (unpaired) electrons. The van der Waals surface area contributed by atoms with Crippen molar-refractivity contribution in [3.63, 3.8) is 0 Å². The third-order valence-corrected chi connectivity index (χ3v) is 4.63. The van der Waals surface area contributed by atoms with Crippen molar-refractivity contribution in [2.24, 2.45) is 0 Å². The number of carbonyl (C=O) groups is 1. The van der Waals surface area contributed by atoms with Gasteiger partial charge < -0.3 is 9.47 Å². The average molecular weight is 412 g/mol. The molecule has 2 atom stereocenters. The molecule has 11 heteroatoms. The Balaban J connectivity index is 1.61. The van der Waals surface area contributed by atoms with Gasteiger partial charge in [-0.2, -0.15) is 4.98 Å². The van der Waals surface area contributed by atoms with Crippen LogP contribution >= 0.6 is 22.9 Å². The number of hydrogen-bond donors (Lipinski definition) is 1. The van der Waals surface area contributed by atoms with Crippen molar-refractivity contribution in [3.05, 3.63) is 34.6 Å². The van der Waals surface area contributed by atoms with Crippen molar-refractivity contribution in [2.45, 2.75) is 33.0 Å². The van der Waals surface area contributed by atoms with Crippen LogP contribution in [0.15, 0.2) is 18.5 Å².